The second-order valence-corrected chi connectivity index (χ2v) is 8.86. The smallest absolute Gasteiger partial charge is 0.274 e. The highest BCUT2D eigenvalue weighted by molar-refractivity contribution is 5.92. The number of fused-ring (bicyclic) bond motifs is 4. The lowest BCUT2D eigenvalue weighted by atomic mass is 9.70. The van der Waals surface area contributed by atoms with E-state index >= 15 is 0 Å². The van der Waals surface area contributed by atoms with E-state index in [0.717, 1.165) is 45.2 Å². The summed E-state index contributed by atoms with van der Waals surface area (Å²) in [5, 5.41) is 0. The van der Waals surface area contributed by atoms with Gasteiger partial charge in [0, 0.05) is 44.0 Å². The third-order valence-electron chi connectivity index (χ3n) is 6.61. The van der Waals surface area contributed by atoms with Crippen LogP contribution < -0.4 is 0 Å². The Balaban J connectivity index is 1.58. The highest BCUT2D eigenvalue weighted by atomic mass is 16.2. The first-order chi connectivity index (χ1) is 13.0. The number of amides is 2. The summed E-state index contributed by atoms with van der Waals surface area (Å²) in [4.78, 5) is 38.2. The molecule has 6 nitrogen and oxygen atoms in total. The number of carbonyl (C=O) groups is 2. The van der Waals surface area contributed by atoms with Crippen molar-refractivity contribution in [1.82, 2.24) is 19.8 Å². The van der Waals surface area contributed by atoms with Crippen LogP contribution in [0.5, 0.6) is 0 Å². The quantitative estimate of drug-likeness (QED) is 0.817. The van der Waals surface area contributed by atoms with Crippen molar-refractivity contribution in [2.45, 2.75) is 64.5 Å². The molecule has 0 aromatic carbocycles. The molecule has 0 unspecified atom stereocenters. The van der Waals surface area contributed by atoms with Crippen molar-refractivity contribution in [3.05, 3.63) is 24.3 Å². The van der Waals surface area contributed by atoms with E-state index in [2.05, 4.69) is 28.7 Å². The Morgan fingerprint density at radius 1 is 1.26 bits per heavy atom. The summed E-state index contributed by atoms with van der Waals surface area (Å²) in [5.74, 6) is 1.71. The average Bonchev–Trinajstić information content (AvgIpc) is 2.68. The van der Waals surface area contributed by atoms with Gasteiger partial charge < -0.3 is 9.80 Å². The van der Waals surface area contributed by atoms with Crippen molar-refractivity contribution in [1.29, 1.82) is 0 Å². The number of hydrogen-bond donors (Lipinski definition) is 0. The molecule has 0 spiro atoms. The van der Waals surface area contributed by atoms with Crippen LogP contribution in [-0.2, 0) is 4.79 Å². The van der Waals surface area contributed by atoms with Gasteiger partial charge in [0.25, 0.3) is 5.91 Å². The van der Waals surface area contributed by atoms with E-state index < -0.39 is 0 Å². The molecule has 3 saturated heterocycles. The number of carbonyl (C=O) groups excluding carboxylic acids is 2. The van der Waals surface area contributed by atoms with E-state index in [1.165, 1.54) is 0 Å². The van der Waals surface area contributed by atoms with Crippen molar-refractivity contribution in [2.75, 3.05) is 13.1 Å². The zero-order chi connectivity index (χ0) is 19.0. The van der Waals surface area contributed by atoms with Crippen molar-refractivity contribution in [3.8, 4) is 0 Å². The molecule has 3 aliphatic heterocycles. The minimum absolute atomic E-state index is 0.0176. The standard InChI is InChI=1S/C21H30N4O2/c1-14(2)6-7-19-16-10-15(18-4-3-5-20(26)25(18)19)12-24(13-16)21(27)17-11-22-8-9-23-17/h8-9,11,14-16,18-19H,3-7,10,12-13H2,1-2H3/t15-,16+,18+,19+/m1/s1. The van der Waals surface area contributed by atoms with Crippen LogP contribution in [-0.4, -0.2) is 56.8 Å². The fourth-order valence-electron chi connectivity index (χ4n) is 5.39. The van der Waals surface area contributed by atoms with E-state index in [9.17, 15) is 9.59 Å². The molecule has 3 aliphatic rings. The normalized spacial score (nSPS) is 30.4. The highest BCUT2D eigenvalue weighted by Gasteiger charge is 2.49. The summed E-state index contributed by atoms with van der Waals surface area (Å²) in [6, 6.07) is 0.580. The molecule has 0 aliphatic carbocycles. The zero-order valence-electron chi connectivity index (χ0n) is 16.4. The summed E-state index contributed by atoms with van der Waals surface area (Å²) < 4.78 is 0. The first kappa shape index (κ1) is 18.4. The maximum Gasteiger partial charge on any atom is 0.274 e. The SMILES string of the molecule is CC(C)CC[C@H]1[C@H]2C[C@H](CN(C(=O)c3cnccn3)C2)[C@@H]2CCCC(=O)N21. The van der Waals surface area contributed by atoms with Gasteiger partial charge in [-0.2, -0.15) is 0 Å². The molecule has 4 heterocycles. The number of likely N-dealkylation sites (tertiary alicyclic amines) is 1. The summed E-state index contributed by atoms with van der Waals surface area (Å²) >= 11 is 0. The van der Waals surface area contributed by atoms with Gasteiger partial charge in [0.15, 0.2) is 0 Å². The fourth-order valence-corrected chi connectivity index (χ4v) is 5.39. The Kier molecular flexibility index (Phi) is 5.15. The Morgan fingerprint density at radius 2 is 2.07 bits per heavy atom. The maximum atomic E-state index is 13.0. The molecule has 0 saturated carbocycles. The average molecular weight is 370 g/mol. The highest BCUT2D eigenvalue weighted by Crippen LogP contribution is 2.43. The molecule has 2 bridgehead atoms. The van der Waals surface area contributed by atoms with Crippen molar-refractivity contribution < 1.29 is 9.59 Å². The van der Waals surface area contributed by atoms with Gasteiger partial charge in [-0.15, -0.1) is 0 Å². The summed E-state index contributed by atoms with van der Waals surface area (Å²) in [6.45, 7) is 5.94. The third-order valence-corrected chi connectivity index (χ3v) is 6.61. The van der Waals surface area contributed by atoms with Crippen molar-refractivity contribution >= 4 is 11.8 Å². The molecule has 4 atom stereocenters. The monoisotopic (exact) mass is 370 g/mol. The molecule has 4 rings (SSSR count). The first-order valence-corrected chi connectivity index (χ1v) is 10.4. The minimum Gasteiger partial charge on any atom is -0.337 e. The van der Waals surface area contributed by atoms with E-state index in [-0.39, 0.29) is 11.9 Å². The van der Waals surface area contributed by atoms with E-state index in [1.54, 1.807) is 18.6 Å². The molecular weight excluding hydrogens is 340 g/mol. The van der Waals surface area contributed by atoms with Gasteiger partial charge in [-0.1, -0.05) is 13.8 Å². The molecule has 1 aromatic heterocycles. The van der Waals surface area contributed by atoms with Crippen molar-refractivity contribution in [2.24, 2.45) is 17.8 Å². The van der Waals surface area contributed by atoms with Gasteiger partial charge in [0.1, 0.15) is 5.69 Å². The lowest BCUT2D eigenvalue weighted by Crippen LogP contribution is -2.65. The molecule has 27 heavy (non-hydrogen) atoms. The summed E-state index contributed by atoms with van der Waals surface area (Å²) in [7, 11) is 0. The van der Waals surface area contributed by atoms with Gasteiger partial charge in [0.2, 0.25) is 5.91 Å². The Bertz CT molecular complexity index is 693. The molecule has 3 fully saturated rings. The van der Waals surface area contributed by atoms with Gasteiger partial charge >= 0.3 is 0 Å². The van der Waals surface area contributed by atoms with Crippen LogP contribution in [0, 0.1) is 17.8 Å². The lowest BCUT2D eigenvalue weighted by Gasteiger charge is -2.56. The molecule has 146 valence electrons. The van der Waals surface area contributed by atoms with Crippen LogP contribution in [0.25, 0.3) is 0 Å². The van der Waals surface area contributed by atoms with Gasteiger partial charge in [0.05, 0.1) is 6.20 Å². The van der Waals surface area contributed by atoms with Crippen molar-refractivity contribution in [3.63, 3.8) is 0 Å². The predicted octanol–water partition coefficient (Wildman–Crippen LogP) is 2.75. The molecule has 6 heteroatoms. The largest absolute Gasteiger partial charge is 0.337 e. The van der Waals surface area contributed by atoms with Crippen LogP contribution in [0.4, 0.5) is 0 Å². The van der Waals surface area contributed by atoms with Gasteiger partial charge in [-0.3, -0.25) is 14.6 Å². The van der Waals surface area contributed by atoms with E-state index in [0.29, 0.717) is 41.8 Å². The zero-order valence-corrected chi connectivity index (χ0v) is 16.4. The van der Waals surface area contributed by atoms with Crippen LogP contribution in [0.2, 0.25) is 0 Å². The number of rotatable bonds is 4. The second kappa shape index (κ2) is 7.56. The van der Waals surface area contributed by atoms with Crippen LogP contribution >= 0.6 is 0 Å². The van der Waals surface area contributed by atoms with E-state index in [4.69, 9.17) is 0 Å². The second-order valence-electron chi connectivity index (χ2n) is 8.86. The maximum absolute atomic E-state index is 13.0. The number of hydrogen-bond acceptors (Lipinski definition) is 4. The third kappa shape index (κ3) is 3.58. The van der Waals surface area contributed by atoms with Crippen LogP contribution in [0.15, 0.2) is 18.6 Å². The molecule has 2 amide bonds. The van der Waals surface area contributed by atoms with Crippen LogP contribution in [0.3, 0.4) is 0 Å². The van der Waals surface area contributed by atoms with Gasteiger partial charge in [-0.05, 0) is 49.9 Å². The number of nitrogens with zero attached hydrogens (tertiary/aromatic N) is 4. The van der Waals surface area contributed by atoms with E-state index in [1.807, 2.05) is 4.90 Å². The van der Waals surface area contributed by atoms with Crippen LogP contribution in [0.1, 0.15) is 62.9 Å². The first-order valence-electron chi connectivity index (χ1n) is 10.4. The topological polar surface area (TPSA) is 66.4 Å². The molecular formula is C21H30N4O2. The Morgan fingerprint density at radius 3 is 2.81 bits per heavy atom. The fraction of sp³-hybridized carbons (Fsp3) is 0.714. The number of aromatic nitrogens is 2. The minimum atomic E-state index is -0.0176. The number of piperidine rings is 3. The van der Waals surface area contributed by atoms with Gasteiger partial charge in [-0.25, -0.2) is 4.98 Å². The Labute approximate surface area is 161 Å². The summed E-state index contributed by atoms with van der Waals surface area (Å²) in [5.41, 5.74) is 0.424. The molecule has 0 N–H and O–H groups in total. The lowest BCUT2D eigenvalue weighted by molar-refractivity contribution is -0.152. The molecule has 1 aromatic rings. The Hall–Kier alpha value is -1.98. The molecule has 0 radical (unpaired) electrons. The predicted molar refractivity (Wildman–Crippen MR) is 102 cm³/mol. The summed E-state index contributed by atoms with van der Waals surface area (Å²) in [6.07, 6.45) is 10.8.